The second-order valence-corrected chi connectivity index (χ2v) is 3.73. The van der Waals surface area contributed by atoms with E-state index in [4.69, 9.17) is 9.84 Å². The summed E-state index contributed by atoms with van der Waals surface area (Å²) in [6.45, 7) is 0.00869. The van der Waals surface area contributed by atoms with E-state index in [0.29, 0.717) is 0 Å². The van der Waals surface area contributed by atoms with E-state index in [1.807, 2.05) is 24.5 Å². The molecule has 3 unspecified atom stereocenters. The fourth-order valence-electron chi connectivity index (χ4n) is 1.86. The summed E-state index contributed by atoms with van der Waals surface area (Å²) in [6.07, 6.45) is 0.971. The molecule has 0 saturated carbocycles. The molecule has 84 valence electrons. The Morgan fingerprint density at radius 1 is 1.20 bits per heavy atom. The van der Waals surface area contributed by atoms with Gasteiger partial charge in [-0.15, -0.1) is 0 Å². The molecule has 1 fully saturated rings. The van der Waals surface area contributed by atoms with Crippen molar-refractivity contribution in [2.75, 3.05) is 13.2 Å². The molecule has 1 aromatic rings. The first-order valence-electron chi connectivity index (χ1n) is 4.95. The molecule has 2 rings (SSSR count). The van der Waals surface area contributed by atoms with Crippen molar-refractivity contribution in [2.24, 2.45) is 0 Å². The molecule has 1 aliphatic rings. The van der Waals surface area contributed by atoms with Crippen LogP contribution in [0.1, 0.15) is 6.04 Å². The SMILES string of the molecule is OCC1OC[C@@H](n2cccc2)C(O)C1O. The van der Waals surface area contributed by atoms with Crippen LogP contribution in [-0.4, -0.2) is 51.4 Å². The molecule has 4 atom stereocenters. The normalized spacial score (nSPS) is 36.7. The van der Waals surface area contributed by atoms with E-state index in [2.05, 4.69) is 0 Å². The molecule has 1 saturated heterocycles. The molecule has 5 nitrogen and oxygen atoms in total. The van der Waals surface area contributed by atoms with Gasteiger partial charge < -0.3 is 24.6 Å². The molecule has 0 bridgehead atoms. The molecule has 0 aliphatic carbocycles. The molecule has 2 heterocycles. The zero-order valence-electron chi connectivity index (χ0n) is 8.23. The molecule has 0 amide bonds. The maximum absolute atomic E-state index is 9.85. The van der Waals surface area contributed by atoms with Crippen LogP contribution in [0.25, 0.3) is 0 Å². The summed E-state index contributed by atoms with van der Waals surface area (Å²) < 4.78 is 7.06. The Balaban J connectivity index is 2.11. The maximum Gasteiger partial charge on any atom is 0.110 e. The lowest BCUT2D eigenvalue weighted by Gasteiger charge is -2.37. The molecule has 3 N–H and O–H groups in total. The van der Waals surface area contributed by atoms with E-state index in [-0.39, 0.29) is 19.3 Å². The van der Waals surface area contributed by atoms with Crippen LogP contribution in [0.4, 0.5) is 0 Å². The highest BCUT2D eigenvalue weighted by Gasteiger charge is 2.38. The lowest BCUT2D eigenvalue weighted by Crippen LogP contribution is -2.51. The van der Waals surface area contributed by atoms with Crippen molar-refractivity contribution < 1.29 is 20.1 Å². The number of hydrogen-bond acceptors (Lipinski definition) is 4. The van der Waals surface area contributed by atoms with Crippen molar-refractivity contribution in [3.63, 3.8) is 0 Å². The highest BCUT2D eigenvalue weighted by Crippen LogP contribution is 2.24. The van der Waals surface area contributed by atoms with Crippen molar-refractivity contribution in [3.05, 3.63) is 24.5 Å². The van der Waals surface area contributed by atoms with Gasteiger partial charge in [-0.25, -0.2) is 0 Å². The lowest BCUT2D eigenvalue weighted by atomic mass is 9.98. The van der Waals surface area contributed by atoms with Gasteiger partial charge in [0.1, 0.15) is 18.3 Å². The molecule has 0 radical (unpaired) electrons. The van der Waals surface area contributed by atoms with Gasteiger partial charge in [0, 0.05) is 12.4 Å². The van der Waals surface area contributed by atoms with Gasteiger partial charge in [-0.3, -0.25) is 0 Å². The third-order valence-electron chi connectivity index (χ3n) is 2.80. The zero-order valence-corrected chi connectivity index (χ0v) is 8.23. The molecule has 1 aromatic heterocycles. The summed E-state index contributed by atoms with van der Waals surface area (Å²) in [5, 5.41) is 28.4. The van der Waals surface area contributed by atoms with Crippen LogP contribution in [0.15, 0.2) is 24.5 Å². The highest BCUT2D eigenvalue weighted by molar-refractivity contribution is 4.98. The van der Waals surface area contributed by atoms with Crippen LogP contribution in [0.5, 0.6) is 0 Å². The third kappa shape index (κ3) is 1.91. The molecule has 1 aliphatic heterocycles. The average Bonchev–Trinajstić information content (AvgIpc) is 2.75. The standard InChI is InChI=1S/C10H15NO4/c12-5-8-10(14)9(13)7(6-15-8)11-3-1-2-4-11/h1-4,7-10,12-14H,5-6H2/t7-,8?,9?,10?/m1/s1. The Morgan fingerprint density at radius 2 is 1.87 bits per heavy atom. The highest BCUT2D eigenvalue weighted by atomic mass is 16.5. The summed E-state index contributed by atoms with van der Waals surface area (Å²) in [5.74, 6) is 0. The minimum absolute atomic E-state index is 0.281. The van der Waals surface area contributed by atoms with Gasteiger partial charge in [-0.05, 0) is 12.1 Å². The second kappa shape index (κ2) is 4.32. The van der Waals surface area contributed by atoms with Gasteiger partial charge in [0.05, 0.1) is 19.3 Å². The monoisotopic (exact) mass is 213 g/mol. The smallest absolute Gasteiger partial charge is 0.110 e. The quantitative estimate of drug-likeness (QED) is 0.597. The summed E-state index contributed by atoms with van der Waals surface area (Å²) >= 11 is 0. The van der Waals surface area contributed by atoms with Crippen molar-refractivity contribution in [1.82, 2.24) is 4.57 Å². The summed E-state index contributed by atoms with van der Waals surface area (Å²) in [7, 11) is 0. The fraction of sp³-hybridized carbons (Fsp3) is 0.600. The van der Waals surface area contributed by atoms with Crippen LogP contribution in [-0.2, 0) is 4.74 Å². The molecular formula is C10H15NO4. The van der Waals surface area contributed by atoms with Crippen LogP contribution in [0, 0.1) is 0 Å². The largest absolute Gasteiger partial charge is 0.394 e. The first-order chi connectivity index (χ1) is 7.24. The number of aromatic nitrogens is 1. The predicted octanol–water partition coefficient (Wildman–Crippen LogP) is -0.858. The molecular weight excluding hydrogens is 198 g/mol. The van der Waals surface area contributed by atoms with Gasteiger partial charge in [0.25, 0.3) is 0 Å². The Morgan fingerprint density at radius 3 is 2.47 bits per heavy atom. The number of ether oxygens (including phenoxy) is 1. The molecule has 0 spiro atoms. The number of rotatable bonds is 2. The number of aliphatic hydroxyl groups excluding tert-OH is 3. The molecule has 5 heteroatoms. The lowest BCUT2D eigenvalue weighted by molar-refractivity contribution is -0.169. The summed E-state index contributed by atoms with van der Waals surface area (Å²) in [5.41, 5.74) is 0. The van der Waals surface area contributed by atoms with Gasteiger partial charge in [-0.2, -0.15) is 0 Å². The Kier molecular flexibility index (Phi) is 3.06. The van der Waals surface area contributed by atoms with E-state index in [9.17, 15) is 10.2 Å². The predicted molar refractivity (Wildman–Crippen MR) is 52.3 cm³/mol. The first kappa shape index (κ1) is 10.6. The number of nitrogens with zero attached hydrogens (tertiary/aromatic N) is 1. The van der Waals surface area contributed by atoms with E-state index >= 15 is 0 Å². The molecule has 0 aromatic carbocycles. The van der Waals surface area contributed by atoms with Crippen molar-refractivity contribution in [1.29, 1.82) is 0 Å². The minimum Gasteiger partial charge on any atom is -0.394 e. The van der Waals surface area contributed by atoms with Gasteiger partial charge in [0.2, 0.25) is 0 Å². The van der Waals surface area contributed by atoms with Crippen molar-refractivity contribution in [3.8, 4) is 0 Å². The van der Waals surface area contributed by atoms with Crippen molar-refractivity contribution in [2.45, 2.75) is 24.4 Å². The van der Waals surface area contributed by atoms with E-state index in [1.54, 1.807) is 4.57 Å². The average molecular weight is 213 g/mol. The van der Waals surface area contributed by atoms with E-state index in [1.165, 1.54) is 0 Å². The Labute approximate surface area is 87.5 Å². The molecule has 15 heavy (non-hydrogen) atoms. The number of hydrogen-bond donors (Lipinski definition) is 3. The van der Waals surface area contributed by atoms with Gasteiger partial charge in [-0.1, -0.05) is 0 Å². The first-order valence-corrected chi connectivity index (χ1v) is 4.95. The van der Waals surface area contributed by atoms with Gasteiger partial charge in [0.15, 0.2) is 0 Å². The van der Waals surface area contributed by atoms with E-state index in [0.717, 1.165) is 0 Å². The second-order valence-electron chi connectivity index (χ2n) is 3.73. The third-order valence-corrected chi connectivity index (χ3v) is 2.80. The fourth-order valence-corrected chi connectivity index (χ4v) is 1.86. The van der Waals surface area contributed by atoms with Crippen LogP contribution < -0.4 is 0 Å². The maximum atomic E-state index is 9.85. The van der Waals surface area contributed by atoms with E-state index < -0.39 is 18.3 Å². The number of aliphatic hydroxyl groups is 3. The van der Waals surface area contributed by atoms with Gasteiger partial charge >= 0.3 is 0 Å². The zero-order chi connectivity index (χ0) is 10.8. The topological polar surface area (TPSA) is 74.9 Å². The summed E-state index contributed by atoms with van der Waals surface area (Å²) in [4.78, 5) is 0. The summed E-state index contributed by atoms with van der Waals surface area (Å²) in [6, 6.07) is 3.40. The van der Waals surface area contributed by atoms with Crippen LogP contribution in [0.2, 0.25) is 0 Å². The van der Waals surface area contributed by atoms with Crippen molar-refractivity contribution >= 4 is 0 Å². The Hall–Kier alpha value is -0.880. The Bertz CT molecular complexity index is 300. The van der Waals surface area contributed by atoms with Crippen LogP contribution >= 0.6 is 0 Å². The minimum atomic E-state index is -1.05. The van der Waals surface area contributed by atoms with Crippen LogP contribution in [0.3, 0.4) is 0 Å².